The molecular weight excluding hydrogens is 304 g/mol. The number of amides is 2. The summed E-state index contributed by atoms with van der Waals surface area (Å²) in [6, 6.07) is 9.38. The van der Waals surface area contributed by atoms with Crippen LogP contribution in [-0.4, -0.2) is 29.7 Å². The Morgan fingerprint density at radius 3 is 2.50 bits per heavy atom. The van der Waals surface area contributed by atoms with Crippen molar-refractivity contribution in [3.63, 3.8) is 0 Å². The number of nitrogens with zero attached hydrogens (tertiary/aromatic N) is 1. The number of rotatable bonds is 6. The lowest BCUT2D eigenvalue weighted by Crippen LogP contribution is -2.46. The smallest absolute Gasteiger partial charge is 0.265 e. The molecule has 0 bridgehead atoms. The van der Waals surface area contributed by atoms with Gasteiger partial charge in [-0.3, -0.25) is 15.0 Å². The Kier molecular flexibility index (Phi) is 7.21. The quantitative estimate of drug-likeness (QED) is 0.496. The van der Waals surface area contributed by atoms with E-state index in [-0.39, 0.29) is 12.5 Å². The van der Waals surface area contributed by atoms with Crippen molar-refractivity contribution in [1.82, 2.24) is 10.4 Å². The van der Waals surface area contributed by atoms with E-state index in [0.29, 0.717) is 18.6 Å². The minimum atomic E-state index is -0.414. The first kappa shape index (κ1) is 17.9. The molecule has 24 heavy (non-hydrogen) atoms. The highest BCUT2D eigenvalue weighted by molar-refractivity contribution is 5.94. The third-order valence-electron chi connectivity index (χ3n) is 4.20. The number of nitrogens with one attached hydrogen (secondary N) is 1. The molecule has 1 N–H and O–H groups in total. The molecule has 1 fully saturated rings. The van der Waals surface area contributed by atoms with Gasteiger partial charge >= 0.3 is 0 Å². The molecule has 0 aromatic heterocycles. The van der Waals surface area contributed by atoms with Crippen LogP contribution >= 0.6 is 0 Å². The standard InChI is InChI=1S/C19H24N2O3/c22-14-13-21(19(24)12-11-16-7-3-1-4-8-16)20-18(23)15-17-9-5-2-6-10-17/h1,3-4,7-8,11-12,14,17H,2,5-6,9-10,13,15H2,(H,20,23)/b12-11+. The summed E-state index contributed by atoms with van der Waals surface area (Å²) >= 11 is 0. The SMILES string of the molecule is O=CCN(NC(=O)CC1CCCCC1)C(=O)/C=C/c1ccccc1. The van der Waals surface area contributed by atoms with Gasteiger partial charge in [-0.25, -0.2) is 5.01 Å². The van der Waals surface area contributed by atoms with E-state index in [1.165, 1.54) is 12.5 Å². The van der Waals surface area contributed by atoms with Gasteiger partial charge in [-0.2, -0.15) is 0 Å². The molecule has 0 atom stereocenters. The van der Waals surface area contributed by atoms with Crippen LogP contribution in [-0.2, 0) is 14.4 Å². The van der Waals surface area contributed by atoms with E-state index in [4.69, 9.17) is 0 Å². The fourth-order valence-electron chi connectivity index (χ4n) is 2.94. The predicted octanol–water partition coefficient (Wildman–Crippen LogP) is 2.73. The molecule has 0 spiro atoms. The number of benzene rings is 1. The number of aldehydes is 1. The molecule has 5 heteroatoms. The van der Waals surface area contributed by atoms with Crippen LogP contribution in [0.15, 0.2) is 36.4 Å². The van der Waals surface area contributed by atoms with Gasteiger partial charge in [0.15, 0.2) is 0 Å². The van der Waals surface area contributed by atoms with Crippen molar-refractivity contribution in [3.05, 3.63) is 42.0 Å². The van der Waals surface area contributed by atoms with Crippen molar-refractivity contribution >= 4 is 24.2 Å². The van der Waals surface area contributed by atoms with Crippen LogP contribution in [0.2, 0.25) is 0 Å². The van der Waals surface area contributed by atoms with Crippen molar-refractivity contribution < 1.29 is 14.4 Å². The van der Waals surface area contributed by atoms with Crippen LogP contribution in [0.25, 0.3) is 6.08 Å². The summed E-state index contributed by atoms with van der Waals surface area (Å²) in [6.45, 7) is -0.158. The van der Waals surface area contributed by atoms with Crippen molar-refractivity contribution in [1.29, 1.82) is 0 Å². The van der Waals surface area contributed by atoms with Crippen LogP contribution in [0.5, 0.6) is 0 Å². The predicted molar refractivity (Wildman–Crippen MR) is 92.6 cm³/mol. The van der Waals surface area contributed by atoms with E-state index in [1.807, 2.05) is 30.3 Å². The summed E-state index contributed by atoms with van der Waals surface area (Å²) in [5.41, 5.74) is 3.44. The highest BCUT2D eigenvalue weighted by Gasteiger charge is 2.19. The largest absolute Gasteiger partial charge is 0.301 e. The fourth-order valence-corrected chi connectivity index (χ4v) is 2.94. The molecule has 1 aromatic carbocycles. The minimum absolute atomic E-state index is 0.158. The van der Waals surface area contributed by atoms with Gasteiger partial charge < -0.3 is 4.79 Å². The van der Waals surface area contributed by atoms with Gasteiger partial charge in [-0.1, -0.05) is 49.6 Å². The Morgan fingerprint density at radius 2 is 1.83 bits per heavy atom. The van der Waals surface area contributed by atoms with Crippen LogP contribution in [0.3, 0.4) is 0 Å². The summed E-state index contributed by atoms with van der Waals surface area (Å²) in [5.74, 6) is -0.236. The third-order valence-corrected chi connectivity index (χ3v) is 4.20. The zero-order valence-corrected chi connectivity index (χ0v) is 13.8. The Bertz CT molecular complexity index is 578. The lowest BCUT2D eigenvalue weighted by atomic mass is 9.87. The minimum Gasteiger partial charge on any atom is -0.301 e. The molecule has 0 radical (unpaired) electrons. The van der Waals surface area contributed by atoms with Crippen molar-refractivity contribution in [3.8, 4) is 0 Å². The van der Waals surface area contributed by atoms with E-state index < -0.39 is 5.91 Å². The van der Waals surface area contributed by atoms with Crippen molar-refractivity contribution in [2.75, 3.05) is 6.54 Å². The molecular formula is C19H24N2O3. The van der Waals surface area contributed by atoms with E-state index in [2.05, 4.69) is 5.43 Å². The Morgan fingerprint density at radius 1 is 1.12 bits per heavy atom. The molecule has 0 saturated heterocycles. The van der Waals surface area contributed by atoms with Crippen LogP contribution in [0.1, 0.15) is 44.1 Å². The van der Waals surface area contributed by atoms with E-state index in [9.17, 15) is 14.4 Å². The third kappa shape index (κ3) is 5.99. The molecule has 0 aliphatic heterocycles. The summed E-state index contributed by atoms with van der Waals surface area (Å²) < 4.78 is 0. The van der Waals surface area contributed by atoms with E-state index in [0.717, 1.165) is 36.3 Å². The number of hydrogen-bond donors (Lipinski definition) is 1. The van der Waals surface area contributed by atoms with Crippen LogP contribution in [0, 0.1) is 5.92 Å². The molecule has 0 unspecified atom stereocenters. The molecule has 2 rings (SSSR count). The molecule has 128 valence electrons. The number of carbonyl (C=O) groups excluding carboxylic acids is 3. The second-order valence-corrected chi connectivity index (χ2v) is 6.10. The molecule has 1 saturated carbocycles. The summed E-state index contributed by atoms with van der Waals surface area (Å²) in [7, 11) is 0. The fraction of sp³-hybridized carbons (Fsp3) is 0.421. The van der Waals surface area contributed by atoms with Crippen LogP contribution < -0.4 is 5.43 Å². The first-order valence-corrected chi connectivity index (χ1v) is 8.47. The summed E-state index contributed by atoms with van der Waals surface area (Å²) in [5, 5.41) is 1.07. The van der Waals surface area contributed by atoms with Crippen molar-refractivity contribution in [2.24, 2.45) is 5.92 Å². The Hall–Kier alpha value is -2.43. The van der Waals surface area contributed by atoms with Crippen LogP contribution in [0.4, 0.5) is 0 Å². The zero-order chi connectivity index (χ0) is 17.2. The average Bonchev–Trinajstić information content (AvgIpc) is 2.61. The average molecular weight is 328 g/mol. The molecule has 0 heterocycles. The zero-order valence-electron chi connectivity index (χ0n) is 13.8. The Labute approximate surface area is 142 Å². The molecule has 1 aliphatic rings. The molecule has 1 aliphatic carbocycles. The van der Waals surface area contributed by atoms with E-state index >= 15 is 0 Å². The van der Waals surface area contributed by atoms with Gasteiger partial charge in [0.1, 0.15) is 6.29 Å². The number of hydrazine groups is 1. The maximum atomic E-state index is 12.2. The topological polar surface area (TPSA) is 66.5 Å². The molecule has 2 amide bonds. The lowest BCUT2D eigenvalue weighted by Gasteiger charge is -2.24. The second-order valence-electron chi connectivity index (χ2n) is 6.10. The number of hydrogen-bond acceptors (Lipinski definition) is 3. The Balaban J connectivity index is 1.89. The van der Waals surface area contributed by atoms with Gasteiger partial charge in [-0.05, 0) is 30.4 Å². The highest BCUT2D eigenvalue weighted by atomic mass is 16.2. The maximum absolute atomic E-state index is 12.2. The highest BCUT2D eigenvalue weighted by Crippen LogP contribution is 2.26. The van der Waals surface area contributed by atoms with Gasteiger partial charge in [0.05, 0.1) is 6.54 Å². The van der Waals surface area contributed by atoms with Crippen molar-refractivity contribution in [2.45, 2.75) is 38.5 Å². The van der Waals surface area contributed by atoms with E-state index in [1.54, 1.807) is 6.08 Å². The second kappa shape index (κ2) is 9.65. The maximum Gasteiger partial charge on any atom is 0.265 e. The first-order chi connectivity index (χ1) is 11.7. The number of carbonyl (C=O) groups is 3. The first-order valence-electron chi connectivity index (χ1n) is 8.47. The summed E-state index contributed by atoms with van der Waals surface area (Å²) in [4.78, 5) is 35.1. The van der Waals surface area contributed by atoms with Gasteiger partial charge in [0.2, 0.25) is 5.91 Å². The van der Waals surface area contributed by atoms with Gasteiger partial charge in [0, 0.05) is 12.5 Å². The monoisotopic (exact) mass is 328 g/mol. The normalized spacial score (nSPS) is 15.2. The van der Waals surface area contributed by atoms with Gasteiger partial charge in [-0.15, -0.1) is 0 Å². The lowest BCUT2D eigenvalue weighted by molar-refractivity contribution is -0.139. The summed E-state index contributed by atoms with van der Waals surface area (Å²) in [6.07, 6.45) is 9.71. The molecule has 1 aromatic rings. The molecule has 5 nitrogen and oxygen atoms in total. The van der Waals surface area contributed by atoms with Gasteiger partial charge in [0.25, 0.3) is 5.91 Å².